The largest absolute Gasteiger partial charge is 0.368 e. The summed E-state index contributed by atoms with van der Waals surface area (Å²) < 4.78 is 4.02. The number of hydrogen-bond acceptors (Lipinski definition) is 5. The number of carbonyl (C=O) groups is 2. The monoisotopic (exact) mass is 544 g/mol. The second-order valence-corrected chi connectivity index (χ2v) is 10.5. The molecule has 1 aromatic heterocycles. The van der Waals surface area contributed by atoms with Crippen molar-refractivity contribution in [3.05, 3.63) is 70.5 Å². The van der Waals surface area contributed by atoms with E-state index >= 15 is 0 Å². The smallest absolute Gasteiger partial charge is 0.258 e. The van der Waals surface area contributed by atoms with Crippen LogP contribution in [-0.4, -0.2) is 59.0 Å². The van der Waals surface area contributed by atoms with Crippen molar-refractivity contribution >= 4 is 66.7 Å². The molecule has 33 heavy (non-hydrogen) atoms. The molecule has 1 saturated heterocycles. The van der Waals surface area contributed by atoms with E-state index in [9.17, 15) is 9.59 Å². The molecule has 1 fully saturated rings. The van der Waals surface area contributed by atoms with Crippen molar-refractivity contribution in [2.24, 2.45) is 4.99 Å². The number of aromatic nitrogens is 1. The van der Waals surface area contributed by atoms with E-state index in [2.05, 4.69) is 44.5 Å². The highest BCUT2D eigenvalue weighted by Crippen LogP contribution is 2.22. The Morgan fingerprint density at radius 2 is 1.85 bits per heavy atom. The van der Waals surface area contributed by atoms with Gasteiger partial charge in [0.25, 0.3) is 5.91 Å². The summed E-state index contributed by atoms with van der Waals surface area (Å²) in [5.41, 5.74) is 2.21. The Balaban J connectivity index is 1.31. The summed E-state index contributed by atoms with van der Waals surface area (Å²) in [6.07, 6.45) is 1.79. The Morgan fingerprint density at radius 1 is 1.09 bits per heavy atom. The third-order valence-corrected chi connectivity index (χ3v) is 7.82. The van der Waals surface area contributed by atoms with Gasteiger partial charge in [0.2, 0.25) is 5.91 Å². The third-order valence-electron chi connectivity index (χ3n) is 5.38. The van der Waals surface area contributed by atoms with Gasteiger partial charge >= 0.3 is 0 Å². The van der Waals surface area contributed by atoms with Gasteiger partial charge in [0, 0.05) is 42.9 Å². The maximum atomic E-state index is 12.6. The average molecular weight is 546 g/mol. The molecule has 1 aliphatic rings. The molecule has 0 atom stereocenters. The minimum absolute atomic E-state index is 0.0777. The number of carbonyl (C=O) groups excluding carboxylic acids is 2. The Bertz CT molecular complexity index is 1210. The van der Waals surface area contributed by atoms with Gasteiger partial charge in [-0.25, -0.2) is 0 Å². The molecule has 0 unspecified atom stereocenters. The lowest BCUT2D eigenvalue weighted by molar-refractivity contribution is -0.128. The van der Waals surface area contributed by atoms with E-state index < -0.39 is 0 Å². The lowest BCUT2D eigenvalue weighted by Crippen LogP contribution is -2.49. The number of thiazole rings is 1. The number of hydrogen-bond donors (Lipinski definition) is 0. The zero-order valence-electron chi connectivity index (χ0n) is 18.2. The van der Waals surface area contributed by atoms with Gasteiger partial charge in [-0.2, -0.15) is 4.99 Å². The first-order valence-electron chi connectivity index (χ1n) is 10.7. The highest BCUT2D eigenvalue weighted by Gasteiger charge is 2.21. The standard InChI is InChI=1S/C24H25BrN4O2S2/c1-2-10-29-20-9-8-18(25)15-21(20)33-24(29)26-22(30)16-32-17-23(31)28-13-11-27(12-14-28)19-6-4-3-5-7-19/h2-9,15H,1,10-14,16-17H2. The minimum Gasteiger partial charge on any atom is -0.368 e. The summed E-state index contributed by atoms with van der Waals surface area (Å²) in [5.74, 6) is 0.319. The first-order valence-corrected chi connectivity index (χ1v) is 13.4. The van der Waals surface area contributed by atoms with Gasteiger partial charge in [0.15, 0.2) is 4.80 Å². The van der Waals surface area contributed by atoms with Crippen molar-refractivity contribution in [1.29, 1.82) is 0 Å². The molecule has 1 aliphatic heterocycles. The van der Waals surface area contributed by atoms with E-state index in [1.165, 1.54) is 28.8 Å². The number of piperazine rings is 1. The number of nitrogens with zero attached hydrogens (tertiary/aromatic N) is 4. The minimum atomic E-state index is -0.231. The fraction of sp³-hybridized carbons (Fsp3) is 0.292. The molecule has 172 valence electrons. The van der Waals surface area contributed by atoms with Crippen molar-refractivity contribution in [1.82, 2.24) is 9.47 Å². The molecule has 2 amide bonds. The van der Waals surface area contributed by atoms with E-state index in [1.807, 2.05) is 45.9 Å². The van der Waals surface area contributed by atoms with Gasteiger partial charge in [0.05, 0.1) is 21.7 Å². The van der Waals surface area contributed by atoms with Gasteiger partial charge in [-0.15, -0.1) is 18.3 Å². The number of allylic oxidation sites excluding steroid dienone is 1. The fourth-order valence-corrected chi connectivity index (χ4v) is 6.05. The Labute approximate surface area is 209 Å². The quantitative estimate of drug-likeness (QED) is 0.419. The Kier molecular flexibility index (Phi) is 8.06. The summed E-state index contributed by atoms with van der Waals surface area (Å²) in [6, 6.07) is 16.3. The topological polar surface area (TPSA) is 57.9 Å². The maximum absolute atomic E-state index is 12.6. The van der Waals surface area contributed by atoms with Crippen molar-refractivity contribution in [3.8, 4) is 0 Å². The second kappa shape index (κ2) is 11.2. The predicted octanol–water partition coefficient (Wildman–Crippen LogP) is 4.16. The number of para-hydroxylation sites is 1. The average Bonchev–Trinajstić information content (AvgIpc) is 3.15. The van der Waals surface area contributed by atoms with Crippen LogP contribution >= 0.6 is 39.0 Å². The number of fused-ring (bicyclic) bond motifs is 1. The number of anilines is 1. The molecule has 0 N–H and O–H groups in total. The van der Waals surface area contributed by atoms with E-state index in [0.29, 0.717) is 30.2 Å². The molecule has 9 heteroatoms. The maximum Gasteiger partial charge on any atom is 0.258 e. The van der Waals surface area contributed by atoms with Crippen LogP contribution in [0.5, 0.6) is 0 Å². The molecule has 6 nitrogen and oxygen atoms in total. The molecule has 2 aromatic carbocycles. The zero-order chi connectivity index (χ0) is 23.2. The summed E-state index contributed by atoms with van der Waals surface area (Å²) in [7, 11) is 0. The normalized spacial score (nSPS) is 14.6. The highest BCUT2D eigenvalue weighted by molar-refractivity contribution is 9.10. The van der Waals surface area contributed by atoms with Crippen LogP contribution in [0.25, 0.3) is 10.2 Å². The van der Waals surface area contributed by atoms with Crippen LogP contribution < -0.4 is 9.70 Å². The summed E-state index contributed by atoms with van der Waals surface area (Å²) in [4.78, 5) is 34.3. The first kappa shape index (κ1) is 23.8. The number of benzene rings is 2. The molecule has 3 aromatic rings. The molecule has 0 aliphatic carbocycles. The SMILES string of the molecule is C=CCn1c(=NC(=O)CSCC(=O)N2CCN(c3ccccc3)CC2)sc2cc(Br)ccc21. The van der Waals surface area contributed by atoms with Crippen molar-refractivity contribution in [2.45, 2.75) is 6.54 Å². The predicted molar refractivity (Wildman–Crippen MR) is 141 cm³/mol. The van der Waals surface area contributed by atoms with E-state index in [1.54, 1.807) is 6.08 Å². The van der Waals surface area contributed by atoms with Crippen molar-refractivity contribution in [3.63, 3.8) is 0 Å². The van der Waals surface area contributed by atoms with Crippen LogP contribution in [0.3, 0.4) is 0 Å². The van der Waals surface area contributed by atoms with Crippen LogP contribution in [0.1, 0.15) is 0 Å². The van der Waals surface area contributed by atoms with E-state index in [0.717, 1.165) is 27.8 Å². The molecule has 0 bridgehead atoms. The highest BCUT2D eigenvalue weighted by atomic mass is 79.9. The summed E-state index contributed by atoms with van der Waals surface area (Å²) >= 11 is 6.29. The molecule has 0 spiro atoms. The molecule has 0 radical (unpaired) electrons. The summed E-state index contributed by atoms with van der Waals surface area (Å²) in [6.45, 7) is 7.43. The molecular weight excluding hydrogens is 520 g/mol. The second-order valence-electron chi connectivity index (χ2n) is 7.60. The lowest BCUT2D eigenvalue weighted by atomic mass is 10.2. The molecule has 0 saturated carbocycles. The fourth-order valence-electron chi connectivity index (χ4n) is 3.75. The van der Waals surface area contributed by atoms with E-state index in [4.69, 9.17) is 0 Å². The Hall–Kier alpha value is -2.36. The van der Waals surface area contributed by atoms with Crippen LogP contribution in [0.2, 0.25) is 0 Å². The molecular formula is C24H25BrN4O2S2. The van der Waals surface area contributed by atoms with Crippen LogP contribution in [0, 0.1) is 0 Å². The number of thioether (sulfide) groups is 1. The number of halogens is 1. The molecule has 2 heterocycles. The van der Waals surface area contributed by atoms with Gasteiger partial charge in [-0.1, -0.05) is 51.5 Å². The van der Waals surface area contributed by atoms with Crippen LogP contribution in [0.15, 0.2) is 70.7 Å². The van der Waals surface area contributed by atoms with Crippen LogP contribution in [-0.2, 0) is 16.1 Å². The Morgan fingerprint density at radius 3 is 2.58 bits per heavy atom. The van der Waals surface area contributed by atoms with Crippen molar-refractivity contribution in [2.75, 3.05) is 42.6 Å². The van der Waals surface area contributed by atoms with Gasteiger partial charge in [-0.3, -0.25) is 9.59 Å². The summed E-state index contributed by atoms with van der Waals surface area (Å²) in [5, 5.41) is 0. The van der Waals surface area contributed by atoms with Gasteiger partial charge in [-0.05, 0) is 30.3 Å². The lowest BCUT2D eigenvalue weighted by Gasteiger charge is -2.36. The van der Waals surface area contributed by atoms with Gasteiger partial charge in [0.1, 0.15) is 0 Å². The van der Waals surface area contributed by atoms with Crippen molar-refractivity contribution < 1.29 is 9.59 Å². The number of rotatable bonds is 7. The third kappa shape index (κ3) is 5.96. The molecule has 4 rings (SSSR count). The van der Waals surface area contributed by atoms with Gasteiger partial charge < -0.3 is 14.4 Å². The van der Waals surface area contributed by atoms with Crippen LogP contribution in [0.4, 0.5) is 5.69 Å². The number of amides is 2. The van der Waals surface area contributed by atoms with E-state index in [-0.39, 0.29) is 17.6 Å². The zero-order valence-corrected chi connectivity index (χ0v) is 21.4. The first-order chi connectivity index (χ1) is 16.0.